The third kappa shape index (κ3) is 4.86. The Morgan fingerprint density at radius 1 is 1.13 bits per heavy atom. The fourth-order valence-electron chi connectivity index (χ4n) is 5.87. The fourth-order valence-corrected chi connectivity index (χ4v) is 5.87. The molecule has 198 valence electrons. The lowest BCUT2D eigenvalue weighted by Crippen LogP contribution is -2.57. The number of phenols is 1. The van der Waals surface area contributed by atoms with E-state index in [-0.39, 0.29) is 12.6 Å². The van der Waals surface area contributed by atoms with Crippen LogP contribution in [0.4, 0.5) is 10.6 Å². The number of likely N-dealkylation sites (tertiary alicyclic amines) is 1. The van der Waals surface area contributed by atoms with Crippen molar-refractivity contribution in [2.45, 2.75) is 57.7 Å². The summed E-state index contributed by atoms with van der Waals surface area (Å²) in [6, 6.07) is 15.9. The Labute approximate surface area is 223 Å². The van der Waals surface area contributed by atoms with E-state index in [4.69, 9.17) is 9.47 Å². The highest BCUT2D eigenvalue weighted by Crippen LogP contribution is 2.39. The minimum atomic E-state index is -0.424. The molecule has 3 aromatic rings. The second-order valence-corrected chi connectivity index (χ2v) is 10.6. The van der Waals surface area contributed by atoms with Crippen molar-refractivity contribution in [3.8, 4) is 17.0 Å². The molecule has 0 saturated carbocycles. The van der Waals surface area contributed by atoms with E-state index in [9.17, 15) is 9.90 Å². The minimum absolute atomic E-state index is 0.0828. The molecule has 0 spiro atoms. The van der Waals surface area contributed by atoms with Crippen LogP contribution in [0.5, 0.6) is 5.75 Å². The molecule has 8 nitrogen and oxygen atoms in total. The summed E-state index contributed by atoms with van der Waals surface area (Å²) in [5.41, 5.74) is 5.33. The zero-order valence-electron chi connectivity index (χ0n) is 21.8. The Balaban J connectivity index is 1.29. The first-order valence-corrected chi connectivity index (χ1v) is 13.6. The number of rotatable bonds is 6. The normalized spacial score (nSPS) is 19.6. The van der Waals surface area contributed by atoms with Gasteiger partial charge in [0.15, 0.2) is 5.82 Å². The van der Waals surface area contributed by atoms with Crippen molar-refractivity contribution in [1.29, 1.82) is 0 Å². The van der Waals surface area contributed by atoms with Crippen molar-refractivity contribution in [2.24, 2.45) is 0 Å². The number of aryl methyl sites for hydroxylation is 2. The van der Waals surface area contributed by atoms with E-state index in [2.05, 4.69) is 21.2 Å². The molecule has 1 aromatic heterocycles. The molecule has 2 aliphatic heterocycles. The summed E-state index contributed by atoms with van der Waals surface area (Å²) < 4.78 is 11.2. The average Bonchev–Trinajstić information content (AvgIpc) is 3.38. The van der Waals surface area contributed by atoms with Gasteiger partial charge >= 0.3 is 6.09 Å². The molecule has 0 bridgehead atoms. The second kappa shape index (κ2) is 10.7. The van der Waals surface area contributed by atoms with Crippen LogP contribution in [-0.2, 0) is 28.9 Å². The molecule has 2 aromatic carbocycles. The maximum atomic E-state index is 13.6. The van der Waals surface area contributed by atoms with E-state index < -0.39 is 6.09 Å². The van der Waals surface area contributed by atoms with Gasteiger partial charge in [0.1, 0.15) is 12.4 Å². The van der Waals surface area contributed by atoms with Crippen LogP contribution in [0.15, 0.2) is 48.5 Å². The number of aromatic nitrogens is 2. The van der Waals surface area contributed by atoms with E-state index in [1.54, 1.807) is 4.90 Å². The monoisotopic (exact) mass is 514 g/mol. The van der Waals surface area contributed by atoms with Gasteiger partial charge in [-0.15, -0.1) is 10.2 Å². The molecule has 1 amide bonds. The molecule has 1 aliphatic carbocycles. The smallest absolute Gasteiger partial charge is 0.416 e. The van der Waals surface area contributed by atoms with Gasteiger partial charge in [-0.2, -0.15) is 0 Å². The number of benzene rings is 2. The molecule has 2 fully saturated rings. The summed E-state index contributed by atoms with van der Waals surface area (Å²) in [6.07, 6.45) is 4.35. The summed E-state index contributed by atoms with van der Waals surface area (Å²) in [5, 5.41) is 20.0. The number of carbonyl (C=O) groups excluding carboxylic acids is 1. The van der Waals surface area contributed by atoms with Gasteiger partial charge in [-0.1, -0.05) is 36.4 Å². The summed E-state index contributed by atoms with van der Waals surface area (Å²) in [4.78, 5) is 17.7. The maximum Gasteiger partial charge on any atom is 0.416 e. The number of nitrogens with zero attached hydrogens (tertiary/aromatic N) is 4. The van der Waals surface area contributed by atoms with Gasteiger partial charge in [0.25, 0.3) is 0 Å². The van der Waals surface area contributed by atoms with E-state index >= 15 is 0 Å². The molecule has 1 atom stereocenters. The first-order chi connectivity index (χ1) is 18.6. The van der Waals surface area contributed by atoms with Crippen LogP contribution >= 0.6 is 0 Å². The second-order valence-electron chi connectivity index (χ2n) is 10.6. The first kappa shape index (κ1) is 24.8. The average molecular weight is 515 g/mol. The molecule has 0 radical (unpaired) electrons. The Kier molecular flexibility index (Phi) is 7.00. The molecule has 38 heavy (non-hydrogen) atoms. The van der Waals surface area contributed by atoms with Crippen LogP contribution in [0.25, 0.3) is 11.3 Å². The lowest BCUT2D eigenvalue weighted by Gasteiger charge is -2.44. The Bertz CT molecular complexity index is 1310. The van der Waals surface area contributed by atoms with Gasteiger partial charge in [0, 0.05) is 12.1 Å². The van der Waals surface area contributed by atoms with E-state index in [1.165, 1.54) is 5.56 Å². The van der Waals surface area contributed by atoms with Crippen LogP contribution in [0.3, 0.4) is 0 Å². The largest absolute Gasteiger partial charge is 0.507 e. The van der Waals surface area contributed by atoms with Crippen LogP contribution in [0.2, 0.25) is 0 Å². The van der Waals surface area contributed by atoms with Crippen molar-refractivity contribution in [3.05, 3.63) is 70.8 Å². The van der Waals surface area contributed by atoms with Crippen LogP contribution in [0, 0.1) is 6.92 Å². The molecule has 3 aliphatic rings. The number of hydrogen-bond donors (Lipinski definition) is 1. The predicted molar refractivity (Wildman–Crippen MR) is 144 cm³/mol. The number of anilines is 1. The molecular weight excluding hydrogens is 480 g/mol. The van der Waals surface area contributed by atoms with Crippen LogP contribution < -0.4 is 4.90 Å². The van der Waals surface area contributed by atoms with Gasteiger partial charge in [0.2, 0.25) is 0 Å². The standard InChI is InChI=1S/C30H34N4O4/c1-20-15-27(31-32-28(20)26-13-12-22-9-5-11-25(22)29(26)35)34(30(36)38-17-21-7-3-2-4-8-21)23-10-6-14-33(16-23)24-18-37-19-24/h2-4,7-8,12-13,15,23-24,35H,5-6,9-11,14,16-19H2,1H3/t23-/m1/s1. The van der Waals surface area contributed by atoms with Crippen molar-refractivity contribution < 1.29 is 19.4 Å². The van der Waals surface area contributed by atoms with Crippen molar-refractivity contribution in [3.63, 3.8) is 0 Å². The highest BCUT2D eigenvalue weighted by Gasteiger charge is 2.36. The number of ether oxygens (including phenoxy) is 2. The van der Waals surface area contributed by atoms with Gasteiger partial charge in [0.05, 0.1) is 31.0 Å². The number of fused-ring (bicyclic) bond motifs is 1. The number of aromatic hydroxyl groups is 1. The predicted octanol–water partition coefficient (Wildman–Crippen LogP) is 4.65. The highest BCUT2D eigenvalue weighted by atomic mass is 16.6. The van der Waals surface area contributed by atoms with Gasteiger partial charge in [-0.25, -0.2) is 4.79 Å². The zero-order chi connectivity index (χ0) is 26.1. The number of carbonyl (C=O) groups is 1. The molecular formula is C30H34N4O4. The quantitative estimate of drug-likeness (QED) is 0.512. The van der Waals surface area contributed by atoms with Crippen LogP contribution in [-0.4, -0.2) is 64.7 Å². The lowest BCUT2D eigenvalue weighted by atomic mass is 9.99. The summed E-state index contributed by atoms with van der Waals surface area (Å²) >= 11 is 0. The SMILES string of the molecule is Cc1cc(N(C(=O)OCc2ccccc2)[C@@H]2CCCN(C3COC3)C2)nnc1-c1ccc2c(c1O)CCC2. The van der Waals surface area contributed by atoms with E-state index in [0.29, 0.717) is 28.9 Å². The van der Waals surface area contributed by atoms with E-state index in [0.717, 1.165) is 75.1 Å². The third-order valence-electron chi connectivity index (χ3n) is 8.06. The number of piperidine rings is 1. The van der Waals surface area contributed by atoms with Gasteiger partial charge in [-0.3, -0.25) is 9.80 Å². The molecule has 8 heteroatoms. The molecule has 2 saturated heterocycles. The van der Waals surface area contributed by atoms with E-state index in [1.807, 2.05) is 49.4 Å². The maximum absolute atomic E-state index is 13.6. The molecule has 1 N–H and O–H groups in total. The summed E-state index contributed by atoms with van der Waals surface area (Å²) in [6.45, 7) is 5.36. The highest BCUT2D eigenvalue weighted by molar-refractivity contribution is 5.87. The lowest BCUT2D eigenvalue weighted by molar-refractivity contribution is -0.0719. The Morgan fingerprint density at radius 3 is 2.74 bits per heavy atom. The minimum Gasteiger partial charge on any atom is -0.507 e. The van der Waals surface area contributed by atoms with Crippen molar-refractivity contribution in [1.82, 2.24) is 15.1 Å². The summed E-state index contributed by atoms with van der Waals surface area (Å²) in [5.74, 6) is 0.775. The number of phenolic OH excluding ortho intramolecular Hbond substituents is 1. The fraction of sp³-hybridized carbons (Fsp3) is 0.433. The number of amides is 1. The third-order valence-corrected chi connectivity index (χ3v) is 8.06. The van der Waals surface area contributed by atoms with Gasteiger partial charge < -0.3 is 14.6 Å². The summed E-state index contributed by atoms with van der Waals surface area (Å²) in [7, 11) is 0. The Hall–Kier alpha value is -3.49. The molecule has 0 unspecified atom stereocenters. The molecule has 6 rings (SSSR count). The van der Waals surface area contributed by atoms with Crippen LogP contribution in [0.1, 0.15) is 41.5 Å². The molecule has 3 heterocycles. The first-order valence-electron chi connectivity index (χ1n) is 13.6. The Morgan fingerprint density at radius 2 is 1.97 bits per heavy atom. The van der Waals surface area contributed by atoms with Gasteiger partial charge in [-0.05, 0) is 80.0 Å². The topological polar surface area (TPSA) is 88.0 Å². The van der Waals surface area contributed by atoms with Crippen molar-refractivity contribution in [2.75, 3.05) is 31.2 Å². The number of hydrogen-bond acceptors (Lipinski definition) is 7. The van der Waals surface area contributed by atoms with Crippen molar-refractivity contribution >= 4 is 11.9 Å². The zero-order valence-corrected chi connectivity index (χ0v) is 21.8.